The van der Waals surface area contributed by atoms with Gasteiger partial charge in [0, 0.05) is 26.0 Å². The summed E-state index contributed by atoms with van der Waals surface area (Å²) in [5.41, 5.74) is 2.25. The van der Waals surface area contributed by atoms with Crippen LogP contribution in [0.3, 0.4) is 0 Å². The van der Waals surface area contributed by atoms with Gasteiger partial charge in [-0.2, -0.15) is 9.40 Å². The van der Waals surface area contributed by atoms with E-state index < -0.39 is 10.0 Å². The molecule has 1 aromatic carbocycles. The lowest BCUT2D eigenvalue weighted by atomic mass is 9.97. The van der Waals surface area contributed by atoms with Crippen molar-refractivity contribution in [1.82, 2.24) is 14.1 Å². The average molecular weight is 390 g/mol. The monoisotopic (exact) mass is 389 g/mol. The van der Waals surface area contributed by atoms with Gasteiger partial charge in [-0.25, -0.2) is 8.42 Å². The van der Waals surface area contributed by atoms with Gasteiger partial charge in [-0.05, 0) is 38.2 Å². The fraction of sp³-hybridized carbons (Fsp3) is 0.550. The second-order valence-electron chi connectivity index (χ2n) is 7.54. The van der Waals surface area contributed by atoms with Crippen molar-refractivity contribution >= 4 is 10.0 Å². The standard InChI is InChI=1S/C20H27N3O3S/c1-16-5-7-17(8-6-16)20-4-2-3-11-23(20)27(24,25)19-14-21-22(15-19)18-9-12-26-13-10-18/h5-8,14-15,18,20H,2-4,9-13H2,1H3/t20-/m0/s1. The molecule has 0 radical (unpaired) electrons. The predicted molar refractivity (Wildman–Crippen MR) is 103 cm³/mol. The van der Waals surface area contributed by atoms with E-state index in [-0.39, 0.29) is 12.1 Å². The van der Waals surface area contributed by atoms with Crippen molar-refractivity contribution in [3.63, 3.8) is 0 Å². The van der Waals surface area contributed by atoms with Gasteiger partial charge < -0.3 is 4.74 Å². The highest BCUT2D eigenvalue weighted by atomic mass is 32.2. The number of nitrogens with zero attached hydrogens (tertiary/aromatic N) is 3. The zero-order valence-electron chi connectivity index (χ0n) is 15.8. The summed E-state index contributed by atoms with van der Waals surface area (Å²) in [5, 5.41) is 4.37. The third-order valence-electron chi connectivity index (χ3n) is 5.67. The Kier molecular flexibility index (Phi) is 5.34. The summed E-state index contributed by atoms with van der Waals surface area (Å²) in [7, 11) is -3.57. The van der Waals surface area contributed by atoms with Gasteiger partial charge in [-0.3, -0.25) is 4.68 Å². The van der Waals surface area contributed by atoms with Crippen LogP contribution in [0.2, 0.25) is 0 Å². The van der Waals surface area contributed by atoms with Gasteiger partial charge in [0.05, 0.1) is 18.3 Å². The number of aromatic nitrogens is 2. The lowest BCUT2D eigenvalue weighted by Gasteiger charge is -2.34. The number of aryl methyl sites for hydroxylation is 1. The molecule has 3 heterocycles. The number of hydrogen-bond donors (Lipinski definition) is 0. The predicted octanol–water partition coefficient (Wildman–Crippen LogP) is 3.46. The van der Waals surface area contributed by atoms with Crippen LogP contribution in [0.15, 0.2) is 41.6 Å². The van der Waals surface area contributed by atoms with E-state index in [9.17, 15) is 8.42 Å². The van der Waals surface area contributed by atoms with Crippen LogP contribution in [0.1, 0.15) is 55.3 Å². The van der Waals surface area contributed by atoms with Crippen molar-refractivity contribution in [2.75, 3.05) is 19.8 Å². The van der Waals surface area contributed by atoms with E-state index in [1.165, 1.54) is 11.8 Å². The average Bonchev–Trinajstić information content (AvgIpc) is 3.20. The Hall–Kier alpha value is -1.70. The van der Waals surface area contributed by atoms with E-state index in [1.54, 1.807) is 15.2 Å². The Bertz CT molecular complexity index is 870. The summed E-state index contributed by atoms with van der Waals surface area (Å²) in [6.45, 7) is 4.01. The number of ether oxygens (including phenoxy) is 1. The topological polar surface area (TPSA) is 64.4 Å². The Morgan fingerprint density at radius 2 is 1.81 bits per heavy atom. The molecule has 27 heavy (non-hydrogen) atoms. The van der Waals surface area contributed by atoms with Crippen LogP contribution in [-0.2, 0) is 14.8 Å². The molecule has 146 valence electrons. The van der Waals surface area contributed by atoms with Crippen molar-refractivity contribution in [1.29, 1.82) is 0 Å². The second-order valence-corrected chi connectivity index (χ2v) is 9.43. The van der Waals surface area contributed by atoms with Gasteiger partial charge in [-0.1, -0.05) is 36.2 Å². The van der Waals surface area contributed by atoms with Crippen molar-refractivity contribution < 1.29 is 13.2 Å². The molecule has 2 aromatic rings. The molecule has 2 aliphatic rings. The van der Waals surface area contributed by atoms with E-state index >= 15 is 0 Å². The molecule has 6 nitrogen and oxygen atoms in total. The maximum atomic E-state index is 13.4. The van der Waals surface area contributed by atoms with Crippen LogP contribution < -0.4 is 0 Å². The first-order valence-corrected chi connectivity index (χ1v) is 11.2. The molecule has 2 aliphatic heterocycles. The lowest BCUT2D eigenvalue weighted by Crippen LogP contribution is -2.38. The summed E-state index contributed by atoms with van der Waals surface area (Å²) < 4.78 is 35.6. The van der Waals surface area contributed by atoms with Crippen molar-refractivity contribution in [3.8, 4) is 0 Å². The number of sulfonamides is 1. The number of benzene rings is 1. The number of piperidine rings is 1. The summed E-state index contributed by atoms with van der Waals surface area (Å²) in [6, 6.07) is 8.33. The molecule has 2 fully saturated rings. The summed E-state index contributed by atoms with van der Waals surface area (Å²) in [6.07, 6.45) is 7.75. The highest BCUT2D eigenvalue weighted by Crippen LogP contribution is 2.35. The van der Waals surface area contributed by atoms with Gasteiger partial charge >= 0.3 is 0 Å². The van der Waals surface area contributed by atoms with Crippen LogP contribution in [0.5, 0.6) is 0 Å². The minimum atomic E-state index is -3.57. The Labute approximate surface area is 161 Å². The first-order valence-electron chi connectivity index (χ1n) is 9.76. The minimum Gasteiger partial charge on any atom is -0.381 e. The van der Waals surface area contributed by atoms with Gasteiger partial charge in [0.2, 0.25) is 10.0 Å². The molecule has 1 atom stereocenters. The smallest absolute Gasteiger partial charge is 0.246 e. The lowest BCUT2D eigenvalue weighted by molar-refractivity contribution is 0.0662. The van der Waals surface area contributed by atoms with Crippen molar-refractivity contribution in [2.24, 2.45) is 0 Å². The van der Waals surface area contributed by atoms with E-state index in [0.717, 1.165) is 37.7 Å². The van der Waals surface area contributed by atoms with E-state index in [0.29, 0.717) is 24.7 Å². The molecular weight excluding hydrogens is 362 g/mol. The van der Waals surface area contributed by atoms with Crippen LogP contribution in [0.4, 0.5) is 0 Å². The fourth-order valence-electron chi connectivity index (χ4n) is 4.05. The maximum Gasteiger partial charge on any atom is 0.246 e. The zero-order chi connectivity index (χ0) is 18.9. The molecule has 2 saturated heterocycles. The molecule has 0 unspecified atom stereocenters. The first kappa shape index (κ1) is 18.7. The molecule has 0 bridgehead atoms. The highest BCUT2D eigenvalue weighted by Gasteiger charge is 2.35. The van der Waals surface area contributed by atoms with E-state index in [1.807, 2.05) is 6.92 Å². The Morgan fingerprint density at radius 1 is 1.07 bits per heavy atom. The molecule has 0 N–H and O–H groups in total. The molecule has 0 amide bonds. The van der Waals surface area contributed by atoms with Crippen molar-refractivity contribution in [2.45, 2.75) is 56.0 Å². The Balaban J connectivity index is 1.61. The second kappa shape index (κ2) is 7.73. The fourth-order valence-corrected chi connectivity index (χ4v) is 5.68. The van der Waals surface area contributed by atoms with Crippen LogP contribution in [0, 0.1) is 6.92 Å². The van der Waals surface area contributed by atoms with Crippen LogP contribution >= 0.6 is 0 Å². The molecule has 4 rings (SSSR count). The summed E-state index contributed by atoms with van der Waals surface area (Å²) in [5.74, 6) is 0. The molecule has 1 aromatic heterocycles. The molecule has 7 heteroatoms. The Morgan fingerprint density at radius 3 is 2.56 bits per heavy atom. The van der Waals surface area contributed by atoms with Crippen molar-refractivity contribution in [3.05, 3.63) is 47.8 Å². The molecule has 0 saturated carbocycles. The third-order valence-corrected chi connectivity index (χ3v) is 7.53. The van der Waals surface area contributed by atoms with Gasteiger partial charge in [0.25, 0.3) is 0 Å². The van der Waals surface area contributed by atoms with Crippen LogP contribution in [-0.4, -0.2) is 42.3 Å². The molecule has 0 spiro atoms. The van der Waals surface area contributed by atoms with Crippen LogP contribution in [0.25, 0.3) is 0 Å². The first-order chi connectivity index (χ1) is 13.1. The maximum absolute atomic E-state index is 13.4. The SMILES string of the molecule is Cc1ccc([C@@H]2CCCCN2S(=O)(=O)c2cnn(C3CCOCC3)c2)cc1. The zero-order valence-corrected chi connectivity index (χ0v) is 16.6. The normalized spacial score (nSPS) is 22.8. The summed E-state index contributed by atoms with van der Waals surface area (Å²) >= 11 is 0. The molecule has 0 aliphatic carbocycles. The quantitative estimate of drug-likeness (QED) is 0.803. The van der Waals surface area contributed by atoms with Gasteiger partial charge in [0.15, 0.2) is 0 Å². The van der Waals surface area contributed by atoms with Gasteiger partial charge in [0.1, 0.15) is 4.90 Å². The number of rotatable bonds is 4. The highest BCUT2D eigenvalue weighted by molar-refractivity contribution is 7.89. The van der Waals surface area contributed by atoms with E-state index in [4.69, 9.17) is 4.74 Å². The summed E-state index contributed by atoms with van der Waals surface area (Å²) in [4.78, 5) is 0.299. The van der Waals surface area contributed by atoms with E-state index in [2.05, 4.69) is 29.4 Å². The number of hydrogen-bond acceptors (Lipinski definition) is 4. The third kappa shape index (κ3) is 3.81. The van der Waals surface area contributed by atoms with Gasteiger partial charge in [-0.15, -0.1) is 0 Å². The minimum absolute atomic E-state index is 0.101. The molecular formula is C20H27N3O3S. The largest absolute Gasteiger partial charge is 0.381 e.